The Labute approximate surface area is 93.0 Å². The predicted molar refractivity (Wildman–Crippen MR) is 61.2 cm³/mol. The lowest BCUT2D eigenvalue weighted by Crippen LogP contribution is -2.56. The van der Waals surface area contributed by atoms with Crippen molar-refractivity contribution in [2.75, 3.05) is 0 Å². The lowest BCUT2D eigenvalue weighted by molar-refractivity contribution is -0.125. The molecule has 0 fully saturated rings. The summed E-state index contributed by atoms with van der Waals surface area (Å²) in [5.41, 5.74) is 1.91. The van der Waals surface area contributed by atoms with Gasteiger partial charge in [-0.3, -0.25) is 15.2 Å². The van der Waals surface area contributed by atoms with Gasteiger partial charge in [0.15, 0.2) is 5.54 Å². The summed E-state index contributed by atoms with van der Waals surface area (Å²) < 4.78 is 0. The van der Waals surface area contributed by atoms with Gasteiger partial charge in [0, 0.05) is 18.6 Å². The van der Waals surface area contributed by atoms with Crippen LogP contribution in [0.15, 0.2) is 47.7 Å². The van der Waals surface area contributed by atoms with E-state index in [1.54, 1.807) is 12.4 Å². The molecule has 0 bridgehead atoms. The Bertz CT molecular complexity index is 441. The van der Waals surface area contributed by atoms with E-state index in [-0.39, 0.29) is 5.91 Å². The highest BCUT2D eigenvalue weighted by molar-refractivity contribution is 6.04. The van der Waals surface area contributed by atoms with Gasteiger partial charge in [-0.25, -0.2) is 5.84 Å². The average Bonchev–Trinajstić information content (AvgIpc) is 2.39. The molecule has 0 spiro atoms. The third-order valence-corrected chi connectivity index (χ3v) is 2.46. The van der Waals surface area contributed by atoms with Gasteiger partial charge in [-0.1, -0.05) is 30.3 Å². The highest BCUT2D eigenvalue weighted by atomic mass is 16.2. The van der Waals surface area contributed by atoms with E-state index in [2.05, 4.69) is 15.7 Å². The topological polar surface area (TPSA) is 79.5 Å². The van der Waals surface area contributed by atoms with Crippen LogP contribution in [0.2, 0.25) is 0 Å². The molecular formula is C11H12N4O. The molecule has 0 saturated heterocycles. The maximum absolute atomic E-state index is 11.9. The van der Waals surface area contributed by atoms with Gasteiger partial charge in [-0.15, -0.1) is 0 Å². The van der Waals surface area contributed by atoms with Crippen LogP contribution < -0.4 is 16.6 Å². The van der Waals surface area contributed by atoms with Gasteiger partial charge >= 0.3 is 0 Å². The molecular weight excluding hydrogens is 204 g/mol. The fourth-order valence-electron chi connectivity index (χ4n) is 1.63. The first-order valence-electron chi connectivity index (χ1n) is 4.83. The first-order valence-corrected chi connectivity index (χ1v) is 4.83. The Morgan fingerprint density at radius 3 is 2.69 bits per heavy atom. The Balaban J connectivity index is 2.47. The molecule has 1 unspecified atom stereocenters. The van der Waals surface area contributed by atoms with Gasteiger partial charge in [0.25, 0.3) is 5.91 Å². The number of rotatable bonds is 2. The van der Waals surface area contributed by atoms with E-state index in [1.807, 2.05) is 30.3 Å². The number of hydrogen-bond donors (Lipinski definition) is 3. The zero-order valence-electron chi connectivity index (χ0n) is 8.55. The minimum Gasteiger partial charge on any atom is -0.368 e. The standard InChI is InChI=1S/C11H12N4O/c12-15-10(16)11(8-13-6-7-14-11)9-4-2-1-3-5-9/h1-8,14H,12H2,(H,15,16). The molecule has 82 valence electrons. The molecule has 16 heavy (non-hydrogen) atoms. The quantitative estimate of drug-likeness (QED) is 0.370. The Morgan fingerprint density at radius 1 is 1.38 bits per heavy atom. The van der Waals surface area contributed by atoms with Crippen molar-refractivity contribution in [1.82, 2.24) is 10.7 Å². The second-order valence-corrected chi connectivity index (χ2v) is 3.39. The van der Waals surface area contributed by atoms with Crippen LogP contribution in [0.1, 0.15) is 5.56 Å². The van der Waals surface area contributed by atoms with E-state index in [0.29, 0.717) is 0 Å². The Kier molecular flexibility index (Phi) is 2.70. The van der Waals surface area contributed by atoms with Crippen LogP contribution in [0.3, 0.4) is 0 Å². The maximum Gasteiger partial charge on any atom is 0.269 e. The van der Waals surface area contributed by atoms with E-state index >= 15 is 0 Å². The number of benzene rings is 1. The first-order chi connectivity index (χ1) is 7.79. The van der Waals surface area contributed by atoms with E-state index in [0.717, 1.165) is 5.56 Å². The van der Waals surface area contributed by atoms with Crippen LogP contribution in [0.25, 0.3) is 0 Å². The Morgan fingerprint density at radius 2 is 2.12 bits per heavy atom. The summed E-state index contributed by atoms with van der Waals surface area (Å²) >= 11 is 0. The molecule has 1 aromatic rings. The summed E-state index contributed by atoms with van der Waals surface area (Å²) in [7, 11) is 0. The maximum atomic E-state index is 11.9. The fourth-order valence-corrected chi connectivity index (χ4v) is 1.63. The third-order valence-electron chi connectivity index (χ3n) is 2.46. The van der Waals surface area contributed by atoms with Crippen LogP contribution in [0, 0.1) is 0 Å². The van der Waals surface area contributed by atoms with Gasteiger partial charge in [0.1, 0.15) is 0 Å². The summed E-state index contributed by atoms with van der Waals surface area (Å²) in [5.74, 6) is 4.85. The summed E-state index contributed by atoms with van der Waals surface area (Å²) in [6, 6.07) is 9.28. The van der Waals surface area contributed by atoms with Crippen LogP contribution in [0.5, 0.6) is 0 Å². The van der Waals surface area contributed by atoms with E-state index < -0.39 is 5.54 Å². The Hall–Kier alpha value is -2.14. The number of carbonyl (C=O) groups is 1. The van der Waals surface area contributed by atoms with Crippen molar-refractivity contribution in [3.63, 3.8) is 0 Å². The molecule has 0 saturated carbocycles. The van der Waals surface area contributed by atoms with Crippen molar-refractivity contribution in [2.24, 2.45) is 10.8 Å². The van der Waals surface area contributed by atoms with Crippen LogP contribution in [-0.2, 0) is 10.3 Å². The summed E-state index contributed by atoms with van der Waals surface area (Å²) in [6.45, 7) is 0. The minimum absolute atomic E-state index is 0.355. The highest BCUT2D eigenvalue weighted by Gasteiger charge is 2.38. The second kappa shape index (κ2) is 4.16. The lowest BCUT2D eigenvalue weighted by atomic mass is 9.90. The summed E-state index contributed by atoms with van der Waals surface area (Å²) in [4.78, 5) is 15.9. The fraction of sp³-hybridized carbons (Fsp3) is 0.0909. The van der Waals surface area contributed by atoms with Crippen molar-refractivity contribution < 1.29 is 4.79 Å². The number of nitrogens with one attached hydrogen (secondary N) is 2. The molecule has 4 N–H and O–H groups in total. The number of hydrogen-bond acceptors (Lipinski definition) is 4. The van der Waals surface area contributed by atoms with Crippen LogP contribution in [-0.4, -0.2) is 12.1 Å². The molecule has 1 atom stereocenters. The van der Waals surface area contributed by atoms with Crippen LogP contribution >= 0.6 is 0 Å². The van der Waals surface area contributed by atoms with Gasteiger partial charge in [-0.05, 0) is 5.56 Å². The van der Waals surface area contributed by atoms with Gasteiger partial charge < -0.3 is 5.32 Å². The van der Waals surface area contributed by atoms with E-state index in [1.165, 1.54) is 6.21 Å². The molecule has 1 aliphatic rings. The number of carbonyl (C=O) groups excluding carboxylic acids is 1. The summed E-state index contributed by atoms with van der Waals surface area (Å²) in [6.07, 6.45) is 4.72. The van der Waals surface area contributed by atoms with Gasteiger partial charge in [0.2, 0.25) is 0 Å². The van der Waals surface area contributed by atoms with Crippen molar-refractivity contribution in [1.29, 1.82) is 0 Å². The van der Waals surface area contributed by atoms with Crippen molar-refractivity contribution in [2.45, 2.75) is 5.54 Å². The summed E-state index contributed by atoms with van der Waals surface area (Å²) in [5, 5.41) is 2.98. The van der Waals surface area contributed by atoms with Crippen LogP contribution in [0.4, 0.5) is 0 Å². The first kappa shape index (κ1) is 10.4. The second-order valence-electron chi connectivity index (χ2n) is 3.39. The monoisotopic (exact) mass is 216 g/mol. The SMILES string of the molecule is NNC(=O)C1(c2ccccc2)C=NC=CN1. The molecule has 1 amide bonds. The molecule has 5 nitrogen and oxygen atoms in total. The number of hydrazine groups is 1. The molecule has 1 aromatic carbocycles. The van der Waals surface area contributed by atoms with Gasteiger partial charge in [0.05, 0.1) is 0 Å². The van der Waals surface area contributed by atoms with Crippen molar-refractivity contribution >= 4 is 12.1 Å². The largest absolute Gasteiger partial charge is 0.368 e. The minimum atomic E-state index is -1.02. The molecule has 0 radical (unpaired) electrons. The van der Waals surface area contributed by atoms with E-state index in [9.17, 15) is 4.79 Å². The van der Waals surface area contributed by atoms with Crippen molar-refractivity contribution in [3.05, 3.63) is 48.3 Å². The highest BCUT2D eigenvalue weighted by Crippen LogP contribution is 2.21. The normalized spacial score (nSPS) is 22.6. The number of nitrogens with two attached hydrogens (primary N) is 1. The number of nitrogens with zero attached hydrogens (tertiary/aromatic N) is 1. The molecule has 0 aliphatic carbocycles. The van der Waals surface area contributed by atoms with E-state index in [4.69, 9.17) is 5.84 Å². The van der Waals surface area contributed by atoms with Gasteiger partial charge in [-0.2, -0.15) is 0 Å². The molecule has 2 rings (SSSR count). The third kappa shape index (κ3) is 1.57. The number of aliphatic imine (C=N–C) groups is 1. The zero-order valence-corrected chi connectivity index (χ0v) is 8.55. The molecule has 1 aliphatic heterocycles. The number of amides is 1. The predicted octanol–water partition coefficient (Wildman–Crippen LogP) is 0.0170. The molecule has 1 heterocycles. The van der Waals surface area contributed by atoms with Crippen molar-refractivity contribution in [3.8, 4) is 0 Å². The average molecular weight is 216 g/mol. The molecule has 5 heteroatoms. The smallest absolute Gasteiger partial charge is 0.269 e. The lowest BCUT2D eigenvalue weighted by Gasteiger charge is -2.30. The zero-order chi connectivity index (χ0) is 11.4. The molecule has 0 aromatic heterocycles.